The van der Waals surface area contributed by atoms with Gasteiger partial charge in [-0.3, -0.25) is 0 Å². The zero-order valence-corrected chi connectivity index (χ0v) is 7.85. The van der Waals surface area contributed by atoms with Crippen molar-refractivity contribution in [3.63, 3.8) is 0 Å². The van der Waals surface area contributed by atoms with Gasteiger partial charge in [0.25, 0.3) is 0 Å². The molecule has 0 saturated heterocycles. The molecular formula is C7H4BrNOS. The van der Waals surface area contributed by atoms with Crippen LogP contribution in [0, 0.1) is 0 Å². The third-order valence-corrected chi connectivity index (χ3v) is 2.76. The van der Waals surface area contributed by atoms with Crippen molar-refractivity contribution < 1.29 is 4.79 Å². The fourth-order valence-electron chi connectivity index (χ4n) is 0.570. The monoisotopic (exact) mass is 229 g/mol. The first-order valence-corrected chi connectivity index (χ1v) is 4.48. The van der Waals surface area contributed by atoms with Crippen LogP contribution in [-0.4, -0.2) is 6.08 Å². The Balaban J connectivity index is 2.78. The minimum Gasteiger partial charge on any atom is -0.211 e. The summed E-state index contributed by atoms with van der Waals surface area (Å²) in [5, 5.41) is 1.95. The van der Waals surface area contributed by atoms with Crippen molar-refractivity contribution >= 4 is 39.4 Å². The molecule has 0 unspecified atom stereocenters. The van der Waals surface area contributed by atoms with Crippen LogP contribution in [-0.2, 0) is 4.79 Å². The number of aliphatic imine (C=N–C) groups is 1. The van der Waals surface area contributed by atoms with E-state index in [1.165, 1.54) is 12.3 Å². The third kappa shape index (κ3) is 2.42. The molecule has 1 rings (SSSR count). The minimum atomic E-state index is 1.02. The number of halogens is 1. The zero-order chi connectivity index (χ0) is 8.10. The highest BCUT2D eigenvalue weighted by atomic mass is 79.9. The van der Waals surface area contributed by atoms with Gasteiger partial charge in [-0.2, -0.15) is 4.99 Å². The van der Waals surface area contributed by atoms with E-state index in [0.29, 0.717) is 0 Å². The molecule has 4 heteroatoms. The van der Waals surface area contributed by atoms with Crippen molar-refractivity contribution in [1.29, 1.82) is 0 Å². The molecule has 1 aromatic heterocycles. The number of thiophene rings is 1. The average molecular weight is 230 g/mol. The second-order valence-corrected chi connectivity index (χ2v) is 3.92. The van der Waals surface area contributed by atoms with E-state index >= 15 is 0 Å². The molecule has 0 aliphatic carbocycles. The maximum absolute atomic E-state index is 9.67. The molecule has 11 heavy (non-hydrogen) atoms. The van der Waals surface area contributed by atoms with E-state index < -0.39 is 0 Å². The predicted molar refractivity (Wildman–Crippen MR) is 49.2 cm³/mol. The highest BCUT2D eigenvalue weighted by Crippen LogP contribution is 2.24. The van der Waals surface area contributed by atoms with Crippen molar-refractivity contribution in [2.75, 3.05) is 0 Å². The standard InChI is InChI=1S/C7H4BrNOS/c8-7-6(2-4-11-7)1-3-9-5-10/h1-4H. The average Bonchev–Trinajstić information content (AvgIpc) is 2.37. The lowest BCUT2D eigenvalue weighted by Gasteiger charge is -1.82. The Hall–Kier alpha value is -0.700. The van der Waals surface area contributed by atoms with E-state index in [9.17, 15) is 4.79 Å². The van der Waals surface area contributed by atoms with E-state index in [2.05, 4.69) is 20.9 Å². The second-order valence-electron chi connectivity index (χ2n) is 1.69. The number of hydrogen-bond donors (Lipinski definition) is 0. The van der Waals surface area contributed by atoms with E-state index in [1.807, 2.05) is 11.4 Å². The molecule has 0 amide bonds. The van der Waals surface area contributed by atoms with Gasteiger partial charge in [-0.05, 0) is 33.5 Å². The van der Waals surface area contributed by atoms with E-state index in [-0.39, 0.29) is 0 Å². The minimum absolute atomic E-state index is 1.02. The van der Waals surface area contributed by atoms with Gasteiger partial charge >= 0.3 is 0 Å². The SMILES string of the molecule is O=C=NC=Cc1ccsc1Br. The van der Waals surface area contributed by atoms with Crippen LogP contribution in [0.5, 0.6) is 0 Å². The smallest absolute Gasteiger partial charge is 0.211 e. The number of isocyanates is 1. The van der Waals surface area contributed by atoms with Gasteiger partial charge in [0.05, 0.1) is 3.79 Å². The largest absolute Gasteiger partial charge is 0.239 e. The fourth-order valence-corrected chi connectivity index (χ4v) is 1.76. The first-order chi connectivity index (χ1) is 5.34. The number of rotatable bonds is 2. The summed E-state index contributed by atoms with van der Waals surface area (Å²) < 4.78 is 1.04. The molecule has 0 fully saturated rings. The van der Waals surface area contributed by atoms with Gasteiger partial charge in [0.15, 0.2) is 0 Å². The van der Waals surface area contributed by atoms with Crippen LogP contribution >= 0.6 is 27.3 Å². The lowest BCUT2D eigenvalue weighted by atomic mass is 10.3. The van der Waals surface area contributed by atoms with E-state index in [0.717, 1.165) is 9.35 Å². The molecule has 0 aliphatic heterocycles. The van der Waals surface area contributed by atoms with Gasteiger partial charge in [-0.25, -0.2) is 4.79 Å². The highest BCUT2D eigenvalue weighted by molar-refractivity contribution is 9.11. The predicted octanol–water partition coefficient (Wildman–Crippen LogP) is 2.82. The Bertz CT molecular complexity index is 312. The first kappa shape index (κ1) is 8.40. The zero-order valence-electron chi connectivity index (χ0n) is 5.45. The van der Waals surface area contributed by atoms with Crippen molar-refractivity contribution in [1.82, 2.24) is 0 Å². The van der Waals surface area contributed by atoms with Gasteiger partial charge < -0.3 is 0 Å². The summed E-state index contributed by atoms with van der Waals surface area (Å²) >= 11 is 4.93. The lowest BCUT2D eigenvalue weighted by Crippen LogP contribution is -1.61. The second kappa shape index (κ2) is 4.23. The molecule has 1 aromatic rings. The molecule has 0 radical (unpaired) electrons. The molecule has 0 bridgehead atoms. The highest BCUT2D eigenvalue weighted by Gasteiger charge is 1.93. The Kier molecular flexibility index (Phi) is 3.23. The van der Waals surface area contributed by atoms with E-state index in [1.54, 1.807) is 17.4 Å². The summed E-state index contributed by atoms with van der Waals surface area (Å²) in [7, 11) is 0. The molecule has 0 atom stereocenters. The quantitative estimate of drug-likeness (QED) is 0.567. The Labute approximate surface area is 76.4 Å². The maximum atomic E-state index is 9.67. The van der Waals surface area contributed by atoms with Crippen LogP contribution in [0.1, 0.15) is 5.56 Å². The molecule has 2 nitrogen and oxygen atoms in total. The van der Waals surface area contributed by atoms with Crippen molar-refractivity contribution in [3.8, 4) is 0 Å². The summed E-state index contributed by atoms with van der Waals surface area (Å²) in [5.74, 6) is 0. The molecule has 0 aromatic carbocycles. The van der Waals surface area contributed by atoms with Crippen molar-refractivity contribution in [2.24, 2.45) is 4.99 Å². The molecule has 0 saturated carbocycles. The summed E-state index contributed by atoms with van der Waals surface area (Å²) in [6.07, 6.45) is 4.58. The maximum Gasteiger partial charge on any atom is 0.239 e. The number of hydrogen-bond acceptors (Lipinski definition) is 3. The van der Waals surface area contributed by atoms with Crippen LogP contribution in [0.15, 0.2) is 26.4 Å². The summed E-state index contributed by atoms with van der Waals surface area (Å²) in [6, 6.07) is 1.94. The van der Waals surface area contributed by atoms with Crippen LogP contribution in [0.3, 0.4) is 0 Å². The van der Waals surface area contributed by atoms with Gasteiger partial charge in [0.2, 0.25) is 6.08 Å². The summed E-state index contributed by atoms with van der Waals surface area (Å²) in [5.41, 5.74) is 1.02. The molecule has 1 heterocycles. The molecule has 0 N–H and O–H groups in total. The summed E-state index contributed by atoms with van der Waals surface area (Å²) in [6.45, 7) is 0. The van der Waals surface area contributed by atoms with Gasteiger partial charge in [0, 0.05) is 11.8 Å². The fraction of sp³-hybridized carbons (Fsp3) is 0. The first-order valence-electron chi connectivity index (χ1n) is 2.81. The van der Waals surface area contributed by atoms with Crippen LogP contribution < -0.4 is 0 Å². The number of carbonyl (C=O) groups excluding carboxylic acids is 1. The van der Waals surface area contributed by atoms with Gasteiger partial charge in [-0.15, -0.1) is 11.3 Å². The Morgan fingerprint density at radius 3 is 3.09 bits per heavy atom. The van der Waals surface area contributed by atoms with Gasteiger partial charge in [-0.1, -0.05) is 0 Å². The lowest BCUT2D eigenvalue weighted by molar-refractivity contribution is 0.565. The van der Waals surface area contributed by atoms with Gasteiger partial charge in [0.1, 0.15) is 0 Å². The Morgan fingerprint density at radius 2 is 2.55 bits per heavy atom. The Morgan fingerprint density at radius 1 is 1.73 bits per heavy atom. The molecule has 0 spiro atoms. The number of nitrogens with zero attached hydrogens (tertiary/aromatic N) is 1. The summed E-state index contributed by atoms with van der Waals surface area (Å²) in [4.78, 5) is 13.0. The third-order valence-electron chi connectivity index (χ3n) is 1.03. The molecular weight excluding hydrogens is 226 g/mol. The van der Waals surface area contributed by atoms with Crippen molar-refractivity contribution in [3.05, 3.63) is 27.0 Å². The topological polar surface area (TPSA) is 29.4 Å². The van der Waals surface area contributed by atoms with E-state index in [4.69, 9.17) is 0 Å². The van der Waals surface area contributed by atoms with Crippen LogP contribution in [0.4, 0.5) is 0 Å². The van der Waals surface area contributed by atoms with Crippen LogP contribution in [0.2, 0.25) is 0 Å². The molecule has 0 aliphatic rings. The van der Waals surface area contributed by atoms with Crippen molar-refractivity contribution in [2.45, 2.75) is 0 Å². The van der Waals surface area contributed by atoms with Crippen LogP contribution in [0.25, 0.3) is 6.08 Å². The molecule has 56 valence electrons. The normalized spacial score (nSPS) is 9.91.